The molecule has 1 aromatic carbocycles. The summed E-state index contributed by atoms with van der Waals surface area (Å²) in [5.74, 6) is 5.07. The van der Waals surface area contributed by atoms with Gasteiger partial charge in [0.05, 0.1) is 0 Å². The van der Waals surface area contributed by atoms with Crippen LogP contribution in [0.1, 0.15) is 33.4 Å². The van der Waals surface area contributed by atoms with E-state index < -0.39 is 0 Å². The maximum Gasteiger partial charge on any atom is 0.0446 e. The molecule has 0 saturated heterocycles. The first-order valence-electron chi connectivity index (χ1n) is 4.54. The van der Waals surface area contributed by atoms with Crippen molar-refractivity contribution in [3.05, 3.63) is 39.8 Å². The van der Waals surface area contributed by atoms with E-state index >= 15 is 0 Å². The third-order valence-corrected chi connectivity index (χ3v) is 2.96. The molecule has 0 heteroatoms. The van der Waals surface area contributed by atoms with E-state index in [-0.39, 0.29) is 0 Å². The van der Waals surface area contributed by atoms with Gasteiger partial charge in [-0.15, -0.1) is 6.42 Å². The molecule has 0 aliphatic rings. The Balaban J connectivity index is 3.79. The molecular weight excluding hydrogens is 168 g/mol. The van der Waals surface area contributed by atoms with Crippen molar-refractivity contribution < 1.29 is 0 Å². The lowest BCUT2D eigenvalue weighted by Gasteiger charge is -2.13. The van der Waals surface area contributed by atoms with Gasteiger partial charge >= 0.3 is 0 Å². The lowest BCUT2D eigenvalue weighted by molar-refractivity contribution is 1.19. The number of rotatable bonds is 0. The smallest absolute Gasteiger partial charge is 0.0446 e. The van der Waals surface area contributed by atoms with Gasteiger partial charge in [0.2, 0.25) is 0 Å². The monoisotopic (exact) mass is 181 g/mol. The van der Waals surface area contributed by atoms with Gasteiger partial charge in [-0.05, 0) is 56.4 Å². The summed E-state index contributed by atoms with van der Waals surface area (Å²) in [6.07, 6.45) is 12.7. The minimum Gasteiger partial charge on any atom is -0.115 e. The highest BCUT2D eigenvalue weighted by atomic mass is 14.1. The molecule has 1 radical (unpaired) electrons. The summed E-state index contributed by atoms with van der Waals surface area (Å²) in [6, 6.07) is 0. The van der Waals surface area contributed by atoms with Crippen molar-refractivity contribution in [3.63, 3.8) is 0 Å². The summed E-state index contributed by atoms with van der Waals surface area (Å²) in [4.78, 5) is 0. The van der Waals surface area contributed by atoms with Crippen molar-refractivity contribution in [3.8, 4) is 18.3 Å². The van der Waals surface area contributed by atoms with Crippen LogP contribution in [0.15, 0.2) is 0 Å². The maximum atomic E-state index is 7.25. The van der Waals surface area contributed by atoms with Gasteiger partial charge in [0.25, 0.3) is 0 Å². The van der Waals surface area contributed by atoms with Crippen molar-refractivity contribution in [2.75, 3.05) is 0 Å². The molecule has 0 aliphatic heterocycles. The first kappa shape index (κ1) is 10.4. The van der Waals surface area contributed by atoms with Crippen molar-refractivity contribution in [2.45, 2.75) is 27.7 Å². The van der Waals surface area contributed by atoms with E-state index in [9.17, 15) is 0 Å². The van der Waals surface area contributed by atoms with Crippen LogP contribution in [-0.2, 0) is 0 Å². The zero-order valence-corrected chi connectivity index (χ0v) is 9.08. The average Bonchev–Trinajstić information content (AvgIpc) is 2.20. The zero-order valence-electron chi connectivity index (χ0n) is 9.08. The van der Waals surface area contributed by atoms with Gasteiger partial charge in [0.1, 0.15) is 0 Å². The predicted molar refractivity (Wildman–Crippen MR) is 59.6 cm³/mol. The lowest BCUT2D eigenvalue weighted by atomic mass is 9.89. The molecule has 0 spiro atoms. The molecule has 0 aliphatic carbocycles. The summed E-state index contributed by atoms with van der Waals surface area (Å²) in [5, 5.41) is 0. The Morgan fingerprint density at radius 2 is 1.29 bits per heavy atom. The fraction of sp³-hybridized carbons (Fsp3) is 0.286. The van der Waals surface area contributed by atoms with E-state index in [2.05, 4.69) is 25.7 Å². The van der Waals surface area contributed by atoms with Crippen LogP contribution in [0.3, 0.4) is 0 Å². The molecule has 0 heterocycles. The molecule has 14 heavy (non-hydrogen) atoms. The molecule has 0 amide bonds. The lowest BCUT2D eigenvalue weighted by Crippen LogP contribution is -2.00. The standard InChI is InChI=1S/C14H13/c1-7-13-11(5)9(3)10(4)12(6)14(13)8-2/h1H,3-6H3. The molecule has 0 unspecified atom stereocenters. The third-order valence-electron chi connectivity index (χ3n) is 2.96. The van der Waals surface area contributed by atoms with Gasteiger partial charge in [-0.25, -0.2) is 0 Å². The van der Waals surface area contributed by atoms with Crippen LogP contribution in [-0.4, -0.2) is 0 Å². The van der Waals surface area contributed by atoms with Crippen LogP contribution in [0.2, 0.25) is 0 Å². The predicted octanol–water partition coefficient (Wildman–Crippen LogP) is 2.84. The summed E-state index contributed by atoms with van der Waals surface area (Å²) in [5.41, 5.74) is 6.14. The van der Waals surface area contributed by atoms with E-state index in [1.54, 1.807) is 0 Å². The van der Waals surface area contributed by atoms with Gasteiger partial charge in [-0.2, -0.15) is 0 Å². The van der Waals surface area contributed by atoms with Crippen LogP contribution in [0, 0.1) is 52.4 Å². The van der Waals surface area contributed by atoms with E-state index in [1.807, 2.05) is 13.8 Å². The second-order valence-corrected chi connectivity index (χ2v) is 3.52. The Morgan fingerprint density at radius 1 is 0.857 bits per heavy atom. The fourth-order valence-corrected chi connectivity index (χ4v) is 1.65. The molecule has 0 saturated carbocycles. The Morgan fingerprint density at radius 3 is 1.64 bits per heavy atom. The van der Waals surface area contributed by atoms with Crippen LogP contribution in [0.4, 0.5) is 0 Å². The minimum absolute atomic E-state index is 0.758. The number of hydrogen-bond acceptors (Lipinski definition) is 0. The largest absolute Gasteiger partial charge is 0.115 e. The highest BCUT2D eigenvalue weighted by molar-refractivity contribution is 5.60. The summed E-state index contributed by atoms with van der Waals surface area (Å²) < 4.78 is 0. The highest BCUT2D eigenvalue weighted by Gasteiger charge is 2.11. The van der Waals surface area contributed by atoms with Crippen molar-refractivity contribution in [1.82, 2.24) is 0 Å². The third kappa shape index (κ3) is 1.30. The van der Waals surface area contributed by atoms with E-state index in [4.69, 9.17) is 12.8 Å². The molecule has 0 fully saturated rings. The summed E-state index contributed by atoms with van der Waals surface area (Å²) >= 11 is 0. The molecule has 69 valence electrons. The molecule has 0 N–H and O–H groups in total. The van der Waals surface area contributed by atoms with E-state index in [1.165, 1.54) is 11.1 Å². The molecule has 0 bridgehead atoms. The van der Waals surface area contributed by atoms with Crippen molar-refractivity contribution in [2.24, 2.45) is 0 Å². The first-order valence-corrected chi connectivity index (χ1v) is 4.54. The van der Waals surface area contributed by atoms with E-state index in [0.29, 0.717) is 0 Å². The van der Waals surface area contributed by atoms with Gasteiger partial charge < -0.3 is 0 Å². The number of terminal acetylenes is 1. The van der Waals surface area contributed by atoms with Crippen LogP contribution in [0.25, 0.3) is 0 Å². The second kappa shape index (κ2) is 3.60. The zero-order chi connectivity index (χ0) is 10.9. The first-order chi connectivity index (χ1) is 6.54. The Labute approximate surface area is 86.3 Å². The molecule has 0 atom stereocenters. The Hall–Kier alpha value is -1.66. The van der Waals surface area contributed by atoms with E-state index in [0.717, 1.165) is 22.3 Å². The quantitative estimate of drug-likeness (QED) is 0.540. The molecule has 1 rings (SSSR count). The minimum atomic E-state index is 0.758. The normalized spacial score (nSPS) is 9.29. The Bertz CT molecular complexity index is 418. The van der Waals surface area contributed by atoms with Crippen LogP contribution >= 0.6 is 0 Å². The van der Waals surface area contributed by atoms with Gasteiger partial charge in [0.15, 0.2) is 0 Å². The average molecular weight is 181 g/mol. The molecule has 1 aromatic rings. The SMILES string of the molecule is [C]#Cc1c(C)c(C)c(C)c(C)c1C#C. The number of benzene rings is 1. The van der Waals surface area contributed by atoms with Crippen LogP contribution in [0.5, 0.6) is 0 Å². The highest BCUT2D eigenvalue weighted by Crippen LogP contribution is 2.25. The topological polar surface area (TPSA) is 0 Å². The summed E-state index contributed by atoms with van der Waals surface area (Å²) in [6.45, 7) is 8.10. The maximum absolute atomic E-state index is 7.25. The van der Waals surface area contributed by atoms with Gasteiger partial charge in [-0.3, -0.25) is 0 Å². The molecular formula is C14H13. The van der Waals surface area contributed by atoms with Crippen molar-refractivity contribution >= 4 is 0 Å². The van der Waals surface area contributed by atoms with Gasteiger partial charge in [0, 0.05) is 11.1 Å². The second-order valence-electron chi connectivity index (χ2n) is 3.52. The van der Waals surface area contributed by atoms with Crippen molar-refractivity contribution in [1.29, 1.82) is 0 Å². The molecule has 0 aromatic heterocycles. The number of hydrogen-bond donors (Lipinski definition) is 0. The Kier molecular flexibility index (Phi) is 2.68. The molecule has 0 nitrogen and oxygen atoms in total. The van der Waals surface area contributed by atoms with Crippen LogP contribution < -0.4 is 0 Å². The summed E-state index contributed by atoms with van der Waals surface area (Å²) in [7, 11) is 0. The van der Waals surface area contributed by atoms with Gasteiger partial charge in [-0.1, -0.05) is 11.8 Å². The fourth-order valence-electron chi connectivity index (χ4n) is 1.65.